The average Bonchev–Trinajstić information content (AvgIpc) is 1.96. The number of hydrogen-bond donors (Lipinski definition) is 1. The predicted molar refractivity (Wildman–Crippen MR) is 41.8 cm³/mol. The fourth-order valence-corrected chi connectivity index (χ4v) is 0.539. The second-order valence-corrected chi connectivity index (χ2v) is 2.47. The molecule has 0 aliphatic rings. The SMILES string of the molecule is CC(=O)O.O=C([O-])CCCCC(=O)[O-].[Na+].[Na+]. The zero-order valence-electron chi connectivity index (χ0n) is 9.82. The minimum atomic E-state index is -1.14. The average molecular weight is 250 g/mol. The molecule has 0 bridgehead atoms. The van der Waals surface area contributed by atoms with Crippen molar-refractivity contribution in [1.29, 1.82) is 0 Å². The molecule has 0 saturated heterocycles. The van der Waals surface area contributed by atoms with Gasteiger partial charge in [-0.25, -0.2) is 0 Å². The first kappa shape index (κ1) is 25.3. The summed E-state index contributed by atoms with van der Waals surface area (Å²) >= 11 is 0. The largest absolute Gasteiger partial charge is 1.00 e. The molecule has 0 aliphatic heterocycles. The molecule has 0 spiro atoms. The molecular formula is C8H12Na2O6. The molecule has 0 aromatic rings. The predicted octanol–water partition coefficient (Wildman–Crippen LogP) is -7.85. The number of hydrogen-bond acceptors (Lipinski definition) is 5. The molecule has 8 heteroatoms. The van der Waals surface area contributed by atoms with Gasteiger partial charge in [-0.05, 0) is 25.7 Å². The third kappa shape index (κ3) is 47.2. The van der Waals surface area contributed by atoms with Crippen molar-refractivity contribution in [2.45, 2.75) is 32.6 Å². The quantitative estimate of drug-likeness (QED) is 0.382. The van der Waals surface area contributed by atoms with Gasteiger partial charge in [0.2, 0.25) is 0 Å². The zero-order chi connectivity index (χ0) is 11.6. The van der Waals surface area contributed by atoms with Crippen LogP contribution in [-0.2, 0) is 14.4 Å². The summed E-state index contributed by atoms with van der Waals surface area (Å²) in [6, 6.07) is 0. The smallest absolute Gasteiger partial charge is 0.550 e. The van der Waals surface area contributed by atoms with E-state index in [1.807, 2.05) is 0 Å². The number of carboxylic acids is 3. The molecular weight excluding hydrogens is 238 g/mol. The Kier molecular flexibility index (Phi) is 28.1. The molecule has 0 fully saturated rings. The molecule has 1 N–H and O–H groups in total. The van der Waals surface area contributed by atoms with Crippen molar-refractivity contribution in [2.75, 3.05) is 0 Å². The van der Waals surface area contributed by atoms with E-state index in [1.165, 1.54) is 0 Å². The molecule has 0 saturated carbocycles. The van der Waals surface area contributed by atoms with Gasteiger partial charge in [-0.3, -0.25) is 4.79 Å². The Labute approximate surface area is 138 Å². The first-order valence-corrected chi connectivity index (χ1v) is 3.95. The Balaban J connectivity index is -0.000000105. The first-order chi connectivity index (χ1) is 6.36. The van der Waals surface area contributed by atoms with E-state index < -0.39 is 17.9 Å². The van der Waals surface area contributed by atoms with Crippen molar-refractivity contribution in [3.8, 4) is 0 Å². The van der Waals surface area contributed by atoms with Crippen LogP contribution in [0.15, 0.2) is 0 Å². The van der Waals surface area contributed by atoms with Crippen molar-refractivity contribution in [3.05, 3.63) is 0 Å². The normalized spacial score (nSPS) is 7.31. The Hall–Kier alpha value is 0.410. The summed E-state index contributed by atoms with van der Waals surface area (Å²) < 4.78 is 0. The summed E-state index contributed by atoms with van der Waals surface area (Å²) in [6.07, 6.45) is 0.535. The molecule has 0 amide bonds. The van der Waals surface area contributed by atoms with Crippen LogP contribution in [0.1, 0.15) is 32.6 Å². The van der Waals surface area contributed by atoms with Crippen molar-refractivity contribution in [2.24, 2.45) is 0 Å². The van der Waals surface area contributed by atoms with Crippen LogP contribution in [0.2, 0.25) is 0 Å². The minimum absolute atomic E-state index is 0. The number of carbonyl (C=O) groups excluding carboxylic acids is 2. The van der Waals surface area contributed by atoms with Crippen LogP contribution in [0, 0.1) is 0 Å². The van der Waals surface area contributed by atoms with Crippen molar-refractivity contribution in [1.82, 2.24) is 0 Å². The van der Waals surface area contributed by atoms with Crippen LogP contribution in [0.4, 0.5) is 0 Å². The summed E-state index contributed by atoms with van der Waals surface area (Å²) in [5.74, 6) is -3.11. The van der Waals surface area contributed by atoms with Gasteiger partial charge in [0, 0.05) is 18.9 Å². The first-order valence-electron chi connectivity index (χ1n) is 3.95. The summed E-state index contributed by atoms with van der Waals surface area (Å²) in [7, 11) is 0. The van der Waals surface area contributed by atoms with Crippen LogP contribution in [0.3, 0.4) is 0 Å². The standard InChI is InChI=1S/C6H10O4.C2H4O2.2Na/c7-5(8)3-1-2-4-6(9)10;1-2(3)4;;/h1-4H2,(H,7,8)(H,9,10);1H3,(H,3,4);;/q;;2*+1/p-2. The maximum absolute atomic E-state index is 9.77. The van der Waals surface area contributed by atoms with Gasteiger partial charge in [0.25, 0.3) is 5.97 Å². The third-order valence-corrected chi connectivity index (χ3v) is 1.01. The molecule has 0 radical (unpaired) electrons. The van der Waals surface area contributed by atoms with Gasteiger partial charge in [0.1, 0.15) is 0 Å². The van der Waals surface area contributed by atoms with Crippen LogP contribution in [0.25, 0.3) is 0 Å². The Morgan fingerprint density at radius 3 is 1.25 bits per heavy atom. The molecule has 16 heavy (non-hydrogen) atoms. The van der Waals surface area contributed by atoms with E-state index in [1.54, 1.807) is 0 Å². The Morgan fingerprint density at radius 2 is 1.12 bits per heavy atom. The molecule has 82 valence electrons. The Bertz CT molecular complexity index is 187. The Morgan fingerprint density at radius 1 is 0.938 bits per heavy atom. The molecule has 6 nitrogen and oxygen atoms in total. The molecule has 0 aliphatic carbocycles. The zero-order valence-corrected chi connectivity index (χ0v) is 13.8. The van der Waals surface area contributed by atoms with E-state index in [0.29, 0.717) is 12.8 Å². The van der Waals surface area contributed by atoms with Gasteiger partial charge < -0.3 is 24.9 Å². The van der Waals surface area contributed by atoms with E-state index in [-0.39, 0.29) is 72.0 Å². The summed E-state index contributed by atoms with van der Waals surface area (Å²) in [4.78, 5) is 28.5. The van der Waals surface area contributed by atoms with E-state index in [4.69, 9.17) is 9.90 Å². The van der Waals surface area contributed by atoms with E-state index in [0.717, 1.165) is 6.92 Å². The van der Waals surface area contributed by atoms with Crippen LogP contribution in [-0.4, -0.2) is 23.0 Å². The molecule has 0 rings (SSSR count). The molecule has 0 aromatic heterocycles. The van der Waals surface area contributed by atoms with Crippen LogP contribution in [0.5, 0.6) is 0 Å². The molecule has 0 unspecified atom stereocenters. The number of unbranched alkanes of at least 4 members (excludes halogenated alkanes) is 1. The second-order valence-electron chi connectivity index (χ2n) is 2.47. The van der Waals surface area contributed by atoms with Gasteiger partial charge >= 0.3 is 59.1 Å². The van der Waals surface area contributed by atoms with Crippen molar-refractivity contribution in [3.63, 3.8) is 0 Å². The monoisotopic (exact) mass is 250 g/mol. The van der Waals surface area contributed by atoms with Crippen LogP contribution < -0.4 is 69.3 Å². The number of carboxylic acid groups (broad SMARTS) is 3. The topological polar surface area (TPSA) is 118 Å². The maximum Gasteiger partial charge on any atom is 1.00 e. The summed E-state index contributed by atoms with van der Waals surface area (Å²) in [5, 5.41) is 27.0. The molecule has 0 heterocycles. The fraction of sp³-hybridized carbons (Fsp3) is 0.625. The van der Waals surface area contributed by atoms with Gasteiger partial charge in [0.05, 0.1) is 0 Å². The van der Waals surface area contributed by atoms with Gasteiger partial charge in [-0.15, -0.1) is 0 Å². The van der Waals surface area contributed by atoms with E-state index >= 15 is 0 Å². The molecule has 0 aromatic carbocycles. The number of rotatable bonds is 5. The van der Waals surface area contributed by atoms with Crippen LogP contribution >= 0.6 is 0 Å². The number of aliphatic carboxylic acids is 3. The van der Waals surface area contributed by atoms with Gasteiger partial charge in [-0.1, -0.05) is 0 Å². The van der Waals surface area contributed by atoms with Crippen molar-refractivity contribution >= 4 is 17.9 Å². The summed E-state index contributed by atoms with van der Waals surface area (Å²) in [6.45, 7) is 1.08. The van der Waals surface area contributed by atoms with Gasteiger partial charge in [0.15, 0.2) is 0 Å². The number of carbonyl (C=O) groups is 3. The van der Waals surface area contributed by atoms with Gasteiger partial charge in [-0.2, -0.15) is 0 Å². The minimum Gasteiger partial charge on any atom is -0.550 e. The van der Waals surface area contributed by atoms with E-state index in [9.17, 15) is 19.8 Å². The third-order valence-electron chi connectivity index (χ3n) is 1.01. The fourth-order valence-electron chi connectivity index (χ4n) is 0.539. The van der Waals surface area contributed by atoms with E-state index in [2.05, 4.69) is 0 Å². The second kappa shape index (κ2) is 17.8. The summed E-state index contributed by atoms with van der Waals surface area (Å²) in [5.41, 5.74) is 0. The molecule has 0 atom stereocenters. The maximum atomic E-state index is 9.77. The van der Waals surface area contributed by atoms with Crippen molar-refractivity contribution < 1.29 is 88.8 Å².